The molecule has 1 aliphatic carbocycles. The van der Waals surface area contributed by atoms with Crippen LogP contribution in [0.5, 0.6) is 0 Å². The first-order valence-electron chi connectivity index (χ1n) is 7.82. The molecular formula is C18H17NO2S2. The molecule has 118 valence electrons. The van der Waals surface area contributed by atoms with Gasteiger partial charge in [0, 0.05) is 4.88 Å². The summed E-state index contributed by atoms with van der Waals surface area (Å²) in [7, 11) is 0. The number of ether oxygens (including phenoxy) is 1. The minimum absolute atomic E-state index is 0.226. The second kappa shape index (κ2) is 6.06. The van der Waals surface area contributed by atoms with E-state index in [0.29, 0.717) is 5.92 Å². The summed E-state index contributed by atoms with van der Waals surface area (Å²) >= 11 is 3.17. The minimum Gasteiger partial charge on any atom is -0.454 e. The van der Waals surface area contributed by atoms with Gasteiger partial charge in [-0.3, -0.25) is 0 Å². The topological polar surface area (TPSA) is 39.2 Å². The molecule has 0 fully saturated rings. The molecule has 0 aliphatic heterocycles. The van der Waals surface area contributed by atoms with Gasteiger partial charge in [-0.25, -0.2) is 9.78 Å². The molecule has 0 amide bonds. The van der Waals surface area contributed by atoms with Crippen LogP contribution in [0.1, 0.15) is 38.5 Å². The molecule has 2 heterocycles. The minimum atomic E-state index is -0.226. The lowest BCUT2D eigenvalue weighted by Crippen LogP contribution is -2.08. The highest BCUT2D eigenvalue weighted by molar-refractivity contribution is 7.18. The Morgan fingerprint density at radius 1 is 1.35 bits per heavy atom. The first-order valence-corrected chi connectivity index (χ1v) is 9.45. The second-order valence-electron chi connectivity index (χ2n) is 6.06. The smallest absolute Gasteiger partial charge is 0.348 e. The van der Waals surface area contributed by atoms with Crippen LogP contribution in [-0.2, 0) is 24.2 Å². The highest BCUT2D eigenvalue weighted by Crippen LogP contribution is 2.32. The lowest BCUT2D eigenvalue weighted by Gasteiger charge is -2.16. The van der Waals surface area contributed by atoms with Gasteiger partial charge in [-0.1, -0.05) is 19.1 Å². The number of esters is 1. The van der Waals surface area contributed by atoms with E-state index in [0.717, 1.165) is 32.9 Å². The van der Waals surface area contributed by atoms with Crippen molar-refractivity contribution in [2.24, 2.45) is 5.92 Å². The Bertz CT molecular complexity index is 832. The first kappa shape index (κ1) is 14.8. The van der Waals surface area contributed by atoms with Gasteiger partial charge in [0.2, 0.25) is 0 Å². The van der Waals surface area contributed by atoms with E-state index >= 15 is 0 Å². The number of thiophene rings is 1. The van der Waals surface area contributed by atoms with Gasteiger partial charge in [0.25, 0.3) is 0 Å². The molecule has 1 aromatic carbocycles. The van der Waals surface area contributed by atoms with Crippen LogP contribution in [0.15, 0.2) is 30.3 Å². The first-order chi connectivity index (χ1) is 11.2. The number of hydrogen-bond donors (Lipinski definition) is 0. The molecule has 3 aromatic rings. The maximum absolute atomic E-state index is 12.3. The lowest BCUT2D eigenvalue weighted by atomic mass is 9.90. The summed E-state index contributed by atoms with van der Waals surface area (Å²) in [4.78, 5) is 18.9. The lowest BCUT2D eigenvalue weighted by molar-refractivity contribution is 0.0478. The summed E-state index contributed by atoms with van der Waals surface area (Å²) in [6.45, 7) is 2.52. The second-order valence-corrected chi connectivity index (χ2v) is 8.31. The number of fused-ring (bicyclic) bond motifs is 2. The van der Waals surface area contributed by atoms with Crippen LogP contribution >= 0.6 is 22.7 Å². The largest absolute Gasteiger partial charge is 0.454 e. The maximum Gasteiger partial charge on any atom is 0.348 e. The molecule has 5 heteroatoms. The van der Waals surface area contributed by atoms with E-state index in [4.69, 9.17) is 4.74 Å². The van der Waals surface area contributed by atoms with E-state index in [-0.39, 0.29) is 12.6 Å². The molecule has 1 atom stereocenters. The highest BCUT2D eigenvalue weighted by atomic mass is 32.1. The zero-order chi connectivity index (χ0) is 15.8. The van der Waals surface area contributed by atoms with Crippen molar-refractivity contribution in [2.45, 2.75) is 32.8 Å². The SMILES string of the molecule is C[C@H]1CCc2sc(C(=O)OCc3nc4ccccc4s3)cc2C1. The van der Waals surface area contributed by atoms with Crippen LogP contribution in [0, 0.1) is 5.92 Å². The third-order valence-electron chi connectivity index (χ3n) is 4.20. The monoisotopic (exact) mass is 343 g/mol. The Labute approximate surface area is 142 Å². The fourth-order valence-corrected chi connectivity index (χ4v) is 4.97. The zero-order valence-electron chi connectivity index (χ0n) is 12.9. The van der Waals surface area contributed by atoms with Crippen molar-refractivity contribution in [3.8, 4) is 0 Å². The van der Waals surface area contributed by atoms with Crippen LogP contribution in [0.3, 0.4) is 0 Å². The Kier molecular flexibility index (Phi) is 3.91. The predicted octanol–water partition coefficient (Wildman–Crippen LogP) is 4.84. The van der Waals surface area contributed by atoms with E-state index in [9.17, 15) is 4.79 Å². The van der Waals surface area contributed by atoms with Gasteiger partial charge >= 0.3 is 5.97 Å². The van der Waals surface area contributed by atoms with Crippen molar-refractivity contribution in [3.63, 3.8) is 0 Å². The molecule has 0 unspecified atom stereocenters. The molecule has 0 saturated heterocycles. The van der Waals surface area contributed by atoms with Gasteiger partial charge < -0.3 is 4.74 Å². The molecule has 3 nitrogen and oxygen atoms in total. The summed E-state index contributed by atoms with van der Waals surface area (Å²) in [5.74, 6) is 0.486. The number of nitrogens with zero attached hydrogens (tertiary/aromatic N) is 1. The Morgan fingerprint density at radius 3 is 3.09 bits per heavy atom. The molecular weight excluding hydrogens is 326 g/mol. The summed E-state index contributed by atoms with van der Waals surface area (Å²) in [6.07, 6.45) is 3.39. The number of hydrogen-bond acceptors (Lipinski definition) is 5. The quantitative estimate of drug-likeness (QED) is 0.639. The normalized spacial score (nSPS) is 17.2. The molecule has 0 saturated carbocycles. The summed E-state index contributed by atoms with van der Waals surface area (Å²) in [6, 6.07) is 10.00. The Balaban J connectivity index is 1.45. The molecule has 0 bridgehead atoms. The fraction of sp³-hybridized carbons (Fsp3) is 0.333. The zero-order valence-corrected chi connectivity index (χ0v) is 14.5. The molecule has 2 aromatic heterocycles. The van der Waals surface area contributed by atoms with Crippen molar-refractivity contribution in [3.05, 3.63) is 50.7 Å². The van der Waals surface area contributed by atoms with Crippen LogP contribution in [-0.4, -0.2) is 11.0 Å². The van der Waals surface area contributed by atoms with Crippen LogP contribution in [0.25, 0.3) is 10.2 Å². The average molecular weight is 343 g/mol. The third-order valence-corrected chi connectivity index (χ3v) is 6.42. The number of para-hydroxylation sites is 1. The van der Waals surface area contributed by atoms with Crippen molar-refractivity contribution >= 4 is 38.9 Å². The Hall–Kier alpha value is -1.72. The van der Waals surface area contributed by atoms with Crippen molar-refractivity contribution in [2.75, 3.05) is 0 Å². The Morgan fingerprint density at radius 2 is 2.22 bits per heavy atom. The maximum atomic E-state index is 12.3. The van der Waals surface area contributed by atoms with Crippen molar-refractivity contribution in [1.29, 1.82) is 0 Å². The number of aryl methyl sites for hydroxylation is 1. The van der Waals surface area contributed by atoms with E-state index < -0.39 is 0 Å². The van der Waals surface area contributed by atoms with Gasteiger partial charge in [-0.05, 0) is 48.9 Å². The molecule has 4 rings (SSSR count). The third kappa shape index (κ3) is 3.03. The van der Waals surface area contributed by atoms with Gasteiger partial charge in [0.15, 0.2) is 0 Å². The number of carbonyl (C=O) groups excluding carboxylic acids is 1. The number of aromatic nitrogens is 1. The molecule has 0 N–H and O–H groups in total. The molecule has 0 spiro atoms. The van der Waals surface area contributed by atoms with Gasteiger partial charge in [-0.2, -0.15) is 0 Å². The van der Waals surface area contributed by atoms with Crippen molar-refractivity contribution in [1.82, 2.24) is 4.98 Å². The van der Waals surface area contributed by atoms with Crippen molar-refractivity contribution < 1.29 is 9.53 Å². The van der Waals surface area contributed by atoms with E-state index in [1.165, 1.54) is 16.9 Å². The van der Waals surface area contributed by atoms with E-state index in [1.807, 2.05) is 30.3 Å². The van der Waals surface area contributed by atoms with Gasteiger partial charge in [0.1, 0.15) is 16.5 Å². The van der Waals surface area contributed by atoms with Gasteiger partial charge in [0.05, 0.1) is 10.2 Å². The molecule has 23 heavy (non-hydrogen) atoms. The van der Waals surface area contributed by atoms with E-state index in [1.54, 1.807) is 22.7 Å². The average Bonchev–Trinajstić information content (AvgIpc) is 3.15. The number of benzene rings is 1. The van der Waals surface area contributed by atoms with Crippen LogP contribution in [0.2, 0.25) is 0 Å². The van der Waals surface area contributed by atoms with Gasteiger partial charge in [-0.15, -0.1) is 22.7 Å². The summed E-state index contributed by atoms with van der Waals surface area (Å²) in [5, 5.41) is 0.842. The van der Waals surface area contributed by atoms with E-state index in [2.05, 4.69) is 11.9 Å². The predicted molar refractivity (Wildman–Crippen MR) is 94.2 cm³/mol. The standard InChI is InChI=1S/C18H17NO2S2/c1-11-6-7-14-12(8-11)9-16(22-14)18(20)21-10-17-19-13-4-2-3-5-15(13)23-17/h2-5,9,11H,6-8,10H2,1H3/t11-/m0/s1. The number of rotatable bonds is 3. The number of carbonyl (C=O) groups is 1. The molecule has 1 aliphatic rings. The highest BCUT2D eigenvalue weighted by Gasteiger charge is 2.21. The summed E-state index contributed by atoms with van der Waals surface area (Å²) in [5.41, 5.74) is 2.30. The number of thiazole rings is 1. The molecule has 0 radical (unpaired) electrons. The van der Waals surface area contributed by atoms with Crippen LogP contribution in [0.4, 0.5) is 0 Å². The van der Waals surface area contributed by atoms with Crippen LogP contribution < -0.4 is 0 Å². The summed E-state index contributed by atoms with van der Waals surface area (Å²) < 4.78 is 6.59. The fourth-order valence-electron chi connectivity index (χ4n) is 2.99.